The molecule has 0 aromatic carbocycles. The number of ketones is 2. The van der Waals surface area contributed by atoms with E-state index in [1.165, 1.54) is 13.1 Å². The van der Waals surface area contributed by atoms with Gasteiger partial charge in [0.15, 0.2) is 16.7 Å². The summed E-state index contributed by atoms with van der Waals surface area (Å²) in [5.41, 5.74) is 1.92. The summed E-state index contributed by atoms with van der Waals surface area (Å²) in [6.07, 6.45) is 2.05. The van der Waals surface area contributed by atoms with E-state index in [9.17, 15) is 14.4 Å². The van der Waals surface area contributed by atoms with Crippen molar-refractivity contribution in [1.29, 1.82) is 0 Å². The average molecular weight is 343 g/mol. The smallest absolute Gasteiger partial charge is 0.223 e. The molecule has 0 spiro atoms. The molecule has 0 saturated heterocycles. The molecule has 0 aliphatic heterocycles. The molecule has 7 heteroatoms. The van der Waals surface area contributed by atoms with Crippen LogP contribution in [0.4, 0.5) is 5.13 Å². The van der Waals surface area contributed by atoms with Crippen LogP contribution < -0.4 is 5.32 Å². The molecule has 124 valence electrons. The van der Waals surface area contributed by atoms with Crippen LogP contribution in [-0.2, 0) is 11.2 Å². The second-order valence-corrected chi connectivity index (χ2v) is 7.05. The van der Waals surface area contributed by atoms with Gasteiger partial charge in [-0.05, 0) is 31.4 Å². The molecule has 2 unspecified atom stereocenters. The van der Waals surface area contributed by atoms with Gasteiger partial charge in [0, 0.05) is 24.4 Å². The van der Waals surface area contributed by atoms with Crippen molar-refractivity contribution < 1.29 is 14.4 Å². The Bertz CT molecular complexity index is 826. The van der Waals surface area contributed by atoms with Crippen LogP contribution >= 0.6 is 11.3 Å². The molecule has 2 atom stereocenters. The number of amides is 1. The van der Waals surface area contributed by atoms with Crippen molar-refractivity contribution in [2.24, 2.45) is 11.8 Å². The summed E-state index contributed by atoms with van der Waals surface area (Å²) in [5.74, 6) is -1.54. The predicted octanol–water partition coefficient (Wildman–Crippen LogP) is 2.68. The molecule has 2 heterocycles. The van der Waals surface area contributed by atoms with E-state index in [-0.39, 0.29) is 23.4 Å². The zero-order valence-electron chi connectivity index (χ0n) is 13.6. The van der Waals surface area contributed by atoms with Gasteiger partial charge in [-0.2, -0.15) is 0 Å². The van der Waals surface area contributed by atoms with Gasteiger partial charge in [-0.3, -0.25) is 19.4 Å². The number of fused-ring (bicyclic) bond motifs is 1. The van der Waals surface area contributed by atoms with Gasteiger partial charge in [-0.15, -0.1) is 0 Å². The zero-order valence-corrected chi connectivity index (χ0v) is 14.4. The molecule has 1 aliphatic rings. The lowest BCUT2D eigenvalue weighted by molar-refractivity contribution is -0.114. The number of nitrogens with one attached hydrogen (secondary N) is 1. The van der Waals surface area contributed by atoms with Gasteiger partial charge in [0.05, 0.1) is 16.5 Å². The van der Waals surface area contributed by atoms with Crippen LogP contribution in [0.15, 0.2) is 18.3 Å². The Hall–Kier alpha value is -2.41. The molecular formula is C17H17N3O3S. The van der Waals surface area contributed by atoms with E-state index in [4.69, 9.17) is 0 Å². The van der Waals surface area contributed by atoms with Crippen LogP contribution in [-0.4, -0.2) is 27.4 Å². The number of nitrogens with zero attached hydrogens (tertiary/aromatic N) is 2. The lowest BCUT2D eigenvalue weighted by Gasteiger charge is -2.25. The third-order valence-electron chi connectivity index (χ3n) is 4.05. The summed E-state index contributed by atoms with van der Waals surface area (Å²) in [6.45, 7) is 5.11. The van der Waals surface area contributed by atoms with Crippen molar-refractivity contribution in [3.05, 3.63) is 40.2 Å². The van der Waals surface area contributed by atoms with Crippen molar-refractivity contribution in [1.82, 2.24) is 9.97 Å². The molecule has 24 heavy (non-hydrogen) atoms. The van der Waals surface area contributed by atoms with Crippen molar-refractivity contribution in [3.63, 3.8) is 0 Å². The third kappa shape index (κ3) is 2.99. The largest absolute Gasteiger partial charge is 0.302 e. The van der Waals surface area contributed by atoms with Crippen LogP contribution in [0.5, 0.6) is 0 Å². The average Bonchev–Trinajstić information content (AvgIpc) is 2.89. The first-order chi connectivity index (χ1) is 11.4. The fourth-order valence-corrected chi connectivity index (χ4v) is 3.90. The Morgan fingerprint density at radius 3 is 2.71 bits per heavy atom. The number of rotatable bonds is 3. The Labute approximate surface area is 143 Å². The number of hydrogen-bond acceptors (Lipinski definition) is 6. The minimum atomic E-state index is -0.729. The predicted molar refractivity (Wildman–Crippen MR) is 90.4 cm³/mol. The Morgan fingerprint density at radius 2 is 2.08 bits per heavy atom. The Balaban J connectivity index is 1.92. The summed E-state index contributed by atoms with van der Waals surface area (Å²) in [7, 11) is 0. The van der Waals surface area contributed by atoms with E-state index in [2.05, 4.69) is 15.3 Å². The van der Waals surface area contributed by atoms with Crippen molar-refractivity contribution in [2.75, 3.05) is 5.32 Å². The standard InChI is InChI=1S/C17H17N3O3S/c1-8-6-12-16(24-17(20-12)19-10(3)21)15(23)13(8)14(22)11-5-4-9(2)18-7-11/h4-5,7-8,13H,6H2,1-3H3,(H,19,20,21). The monoisotopic (exact) mass is 343 g/mol. The summed E-state index contributed by atoms with van der Waals surface area (Å²) in [5, 5.41) is 3.00. The van der Waals surface area contributed by atoms with Gasteiger partial charge < -0.3 is 5.32 Å². The van der Waals surface area contributed by atoms with Crippen molar-refractivity contribution >= 4 is 33.9 Å². The first kappa shape index (κ1) is 16.4. The van der Waals surface area contributed by atoms with Gasteiger partial charge in [-0.1, -0.05) is 18.3 Å². The van der Waals surface area contributed by atoms with Crippen LogP contribution in [0.3, 0.4) is 0 Å². The molecule has 0 saturated carbocycles. The Kier molecular flexibility index (Phi) is 4.28. The van der Waals surface area contributed by atoms with E-state index in [1.54, 1.807) is 12.1 Å². The highest BCUT2D eigenvalue weighted by Crippen LogP contribution is 2.36. The van der Waals surface area contributed by atoms with E-state index in [0.717, 1.165) is 17.0 Å². The number of thiazole rings is 1. The van der Waals surface area contributed by atoms with Gasteiger partial charge in [0.1, 0.15) is 0 Å². The minimum absolute atomic E-state index is 0.147. The molecule has 1 amide bonds. The van der Waals surface area contributed by atoms with E-state index in [0.29, 0.717) is 27.7 Å². The second kappa shape index (κ2) is 6.24. The highest BCUT2D eigenvalue weighted by Gasteiger charge is 2.40. The molecule has 0 radical (unpaired) electrons. The van der Waals surface area contributed by atoms with Crippen LogP contribution in [0.25, 0.3) is 0 Å². The van der Waals surface area contributed by atoms with E-state index < -0.39 is 5.92 Å². The Morgan fingerprint density at radius 1 is 1.33 bits per heavy atom. The molecule has 0 bridgehead atoms. The maximum atomic E-state index is 12.8. The summed E-state index contributed by atoms with van der Waals surface area (Å²) >= 11 is 1.13. The molecular weight excluding hydrogens is 326 g/mol. The fraction of sp³-hybridized carbons (Fsp3) is 0.353. The molecule has 1 N–H and O–H groups in total. The van der Waals surface area contributed by atoms with Crippen molar-refractivity contribution in [2.45, 2.75) is 27.2 Å². The maximum absolute atomic E-state index is 12.8. The van der Waals surface area contributed by atoms with Crippen molar-refractivity contribution in [3.8, 4) is 0 Å². The van der Waals surface area contributed by atoms with E-state index in [1.807, 2.05) is 13.8 Å². The molecule has 3 rings (SSSR count). The number of anilines is 1. The number of aromatic nitrogens is 2. The molecule has 2 aromatic rings. The molecule has 2 aromatic heterocycles. The minimum Gasteiger partial charge on any atom is -0.302 e. The van der Waals surface area contributed by atoms with Gasteiger partial charge >= 0.3 is 0 Å². The third-order valence-corrected chi connectivity index (χ3v) is 5.08. The van der Waals surface area contributed by atoms with Gasteiger partial charge in [0.25, 0.3) is 0 Å². The van der Waals surface area contributed by atoms with Gasteiger partial charge in [0.2, 0.25) is 5.91 Å². The van der Waals surface area contributed by atoms with Crippen LogP contribution in [0.2, 0.25) is 0 Å². The first-order valence-corrected chi connectivity index (χ1v) is 8.47. The first-order valence-electron chi connectivity index (χ1n) is 7.65. The fourth-order valence-electron chi connectivity index (χ4n) is 2.88. The quantitative estimate of drug-likeness (QED) is 0.684. The zero-order chi connectivity index (χ0) is 17.4. The molecule has 0 fully saturated rings. The number of carbonyl (C=O) groups is 3. The van der Waals surface area contributed by atoms with E-state index >= 15 is 0 Å². The summed E-state index contributed by atoms with van der Waals surface area (Å²) < 4.78 is 0. The molecule has 6 nitrogen and oxygen atoms in total. The lowest BCUT2D eigenvalue weighted by Crippen LogP contribution is -2.35. The highest BCUT2D eigenvalue weighted by molar-refractivity contribution is 7.17. The maximum Gasteiger partial charge on any atom is 0.223 e. The lowest BCUT2D eigenvalue weighted by atomic mass is 9.77. The summed E-state index contributed by atoms with van der Waals surface area (Å²) in [6, 6.07) is 3.47. The van der Waals surface area contributed by atoms with Gasteiger partial charge in [-0.25, -0.2) is 4.98 Å². The normalized spacial score (nSPS) is 19.7. The topological polar surface area (TPSA) is 89.0 Å². The summed E-state index contributed by atoms with van der Waals surface area (Å²) in [4.78, 5) is 45.7. The highest BCUT2D eigenvalue weighted by atomic mass is 32.1. The number of carbonyl (C=O) groups excluding carboxylic acids is 3. The second-order valence-electron chi connectivity index (χ2n) is 6.05. The number of pyridine rings is 1. The SMILES string of the molecule is CC(=O)Nc1nc2c(s1)C(=O)C(C(=O)c1ccc(C)nc1)C(C)C2. The number of hydrogen-bond donors (Lipinski definition) is 1. The number of Topliss-reactive ketones (excluding diaryl/α,β-unsaturated/α-hetero) is 2. The number of aryl methyl sites for hydroxylation is 1. The van der Waals surface area contributed by atoms with Crippen LogP contribution in [0, 0.1) is 18.8 Å². The molecule has 1 aliphatic carbocycles. The van der Waals surface area contributed by atoms with Crippen LogP contribution in [0.1, 0.15) is 45.3 Å².